The van der Waals surface area contributed by atoms with Gasteiger partial charge in [0.05, 0.1) is 5.56 Å². The van der Waals surface area contributed by atoms with Gasteiger partial charge in [-0.05, 0) is 12.1 Å². The van der Waals surface area contributed by atoms with Gasteiger partial charge in [-0.15, -0.1) is 0 Å². The summed E-state index contributed by atoms with van der Waals surface area (Å²) in [5, 5.41) is 12.6. The second-order valence-corrected chi connectivity index (χ2v) is 3.62. The van der Waals surface area contributed by atoms with Crippen molar-refractivity contribution in [3.63, 3.8) is 0 Å². The molecule has 0 atom stereocenters. The molecule has 0 amide bonds. The number of carboxylic acids is 1. The van der Waals surface area contributed by atoms with E-state index in [1.54, 1.807) is 6.07 Å². The van der Waals surface area contributed by atoms with E-state index in [0.717, 1.165) is 4.68 Å². The minimum atomic E-state index is -1.09. The molecule has 0 radical (unpaired) electrons. The minimum absolute atomic E-state index is 0.143. The Hall–Kier alpha value is -2.50. The highest BCUT2D eigenvalue weighted by Crippen LogP contribution is 2.23. The van der Waals surface area contributed by atoms with E-state index in [2.05, 4.69) is 5.10 Å². The third kappa shape index (κ3) is 2.27. The molecular weight excluding hydrogens is 239 g/mol. The van der Waals surface area contributed by atoms with Crippen LogP contribution >= 0.6 is 0 Å². The van der Waals surface area contributed by atoms with Crippen LogP contribution in [-0.2, 0) is 11.3 Å². The number of rotatable bonds is 4. The zero-order valence-corrected chi connectivity index (χ0v) is 9.21. The van der Waals surface area contributed by atoms with Crippen LogP contribution in [0.5, 0.6) is 0 Å². The summed E-state index contributed by atoms with van der Waals surface area (Å²) in [4.78, 5) is 21.4. The lowest BCUT2D eigenvalue weighted by atomic mass is 10.1. The second-order valence-electron chi connectivity index (χ2n) is 3.62. The van der Waals surface area contributed by atoms with Gasteiger partial charge in [0.25, 0.3) is 0 Å². The summed E-state index contributed by atoms with van der Waals surface area (Å²) in [5.41, 5.74) is 0.467. The maximum atomic E-state index is 13.6. The summed E-state index contributed by atoms with van der Waals surface area (Å²) >= 11 is 0. The molecule has 6 heteroatoms. The van der Waals surface area contributed by atoms with Gasteiger partial charge in [-0.2, -0.15) is 5.10 Å². The largest absolute Gasteiger partial charge is 0.480 e. The van der Waals surface area contributed by atoms with Crippen molar-refractivity contribution in [2.24, 2.45) is 0 Å². The normalized spacial score (nSPS) is 10.3. The molecule has 1 N–H and O–H groups in total. The minimum Gasteiger partial charge on any atom is -0.480 e. The number of carbonyl (C=O) groups is 2. The summed E-state index contributed by atoms with van der Waals surface area (Å²) in [6.07, 6.45) is 1.80. The molecule has 0 aliphatic heterocycles. The molecule has 1 aromatic carbocycles. The van der Waals surface area contributed by atoms with Crippen molar-refractivity contribution in [3.05, 3.63) is 41.8 Å². The third-order valence-electron chi connectivity index (χ3n) is 2.34. The van der Waals surface area contributed by atoms with E-state index in [-0.39, 0.29) is 23.4 Å². The number of aliphatic carboxylic acids is 1. The van der Waals surface area contributed by atoms with Crippen LogP contribution in [0.1, 0.15) is 10.4 Å². The quantitative estimate of drug-likeness (QED) is 0.834. The first kappa shape index (κ1) is 12.0. The summed E-state index contributed by atoms with van der Waals surface area (Å²) in [5.74, 6) is -1.60. The smallest absolute Gasteiger partial charge is 0.325 e. The van der Waals surface area contributed by atoms with Gasteiger partial charge < -0.3 is 5.11 Å². The lowest BCUT2D eigenvalue weighted by Crippen LogP contribution is -2.09. The van der Waals surface area contributed by atoms with Crippen molar-refractivity contribution in [1.82, 2.24) is 9.78 Å². The Morgan fingerprint density at radius 3 is 2.78 bits per heavy atom. The zero-order chi connectivity index (χ0) is 13.1. The van der Waals surface area contributed by atoms with Gasteiger partial charge in [-0.1, -0.05) is 12.1 Å². The number of carbonyl (C=O) groups excluding carboxylic acids is 1. The van der Waals surface area contributed by atoms with E-state index in [9.17, 15) is 14.0 Å². The highest BCUT2D eigenvalue weighted by Gasteiger charge is 2.14. The van der Waals surface area contributed by atoms with Gasteiger partial charge in [0.15, 0.2) is 6.29 Å². The Morgan fingerprint density at radius 1 is 1.44 bits per heavy atom. The fourth-order valence-electron chi connectivity index (χ4n) is 1.61. The average Bonchev–Trinajstić information content (AvgIpc) is 2.71. The Bertz CT molecular complexity index is 607. The first-order chi connectivity index (χ1) is 8.61. The van der Waals surface area contributed by atoms with Crippen LogP contribution in [0, 0.1) is 5.82 Å². The summed E-state index contributed by atoms with van der Waals surface area (Å²) in [7, 11) is 0. The molecule has 0 bridgehead atoms. The highest BCUT2D eigenvalue weighted by molar-refractivity contribution is 5.85. The molecule has 0 unspecified atom stereocenters. The maximum Gasteiger partial charge on any atom is 0.325 e. The predicted octanol–water partition coefficient (Wildman–Crippen LogP) is 1.59. The number of aromatic nitrogens is 2. The van der Waals surface area contributed by atoms with Gasteiger partial charge in [0.2, 0.25) is 0 Å². The lowest BCUT2D eigenvalue weighted by Gasteiger charge is -1.99. The average molecular weight is 248 g/mol. The monoisotopic (exact) mass is 248 g/mol. The van der Waals surface area contributed by atoms with Gasteiger partial charge in [0, 0.05) is 11.8 Å². The van der Waals surface area contributed by atoms with Crippen molar-refractivity contribution in [3.8, 4) is 11.3 Å². The molecule has 2 rings (SSSR count). The van der Waals surface area contributed by atoms with E-state index in [0.29, 0.717) is 6.29 Å². The topological polar surface area (TPSA) is 72.2 Å². The Morgan fingerprint density at radius 2 is 2.17 bits per heavy atom. The van der Waals surface area contributed by atoms with Crippen LogP contribution in [-0.4, -0.2) is 27.1 Å². The molecule has 0 fully saturated rings. The predicted molar refractivity (Wildman–Crippen MR) is 60.6 cm³/mol. The fraction of sp³-hybridized carbons (Fsp3) is 0.0833. The summed E-state index contributed by atoms with van der Waals surface area (Å²) < 4.78 is 14.7. The van der Waals surface area contributed by atoms with Crippen LogP contribution in [0.3, 0.4) is 0 Å². The molecular formula is C12H9FN2O3. The standard InChI is InChI=1S/C12H9FN2O3/c13-10-4-2-1-3-9(10)12-8(7-16)5-15(14-12)6-11(17)18/h1-5,7H,6H2,(H,17,18). The molecule has 2 aromatic rings. The Kier molecular flexibility index (Phi) is 3.18. The molecule has 18 heavy (non-hydrogen) atoms. The summed E-state index contributed by atoms with van der Waals surface area (Å²) in [6.45, 7) is -0.380. The van der Waals surface area contributed by atoms with E-state index in [1.165, 1.54) is 24.4 Å². The molecule has 1 heterocycles. The van der Waals surface area contributed by atoms with E-state index in [1.807, 2.05) is 0 Å². The molecule has 92 valence electrons. The van der Waals surface area contributed by atoms with Crippen molar-refractivity contribution >= 4 is 12.3 Å². The van der Waals surface area contributed by atoms with Gasteiger partial charge in [-0.25, -0.2) is 4.39 Å². The molecule has 5 nitrogen and oxygen atoms in total. The first-order valence-electron chi connectivity index (χ1n) is 5.11. The summed E-state index contributed by atoms with van der Waals surface area (Å²) in [6, 6.07) is 5.87. The molecule has 0 aliphatic rings. The van der Waals surface area contributed by atoms with Gasteiger partial charge in [0.1, 0.15) is 18.1 Å². The third-order valence-corrected chi connectivity index (χ3v) is 2.34. The number of aldehydes is 1. The SMILES string of the molecule is O=Cc1cn(CC(=O)O)nc1-c1ccccc1F. The number of halogens is 1. The fourth-order valence-corrected chi connectivity index (χ4v) is 1.61. The number of nitrogens with zero attached hydrogens (tertiary/aromatic N) is 2. The van der Waals surface area contributed by atoms with E-state index >= 15 is 0 Å². The number of hydrogen-bond acceptors (Lipinski definition) is 3. The van der Waals surface area contributed by atoms with E-state index in [4.69, 9.17) is 5.11 Å². The van der Waals surface area contributed by atoms with Crippen molar-refractivity contribution in [2.75, 3.05) is 0 Å². The van der Waals surface area contributed by atoms with Crippen LogP contribution in [0.4, 0.5) is 4.39 Å². The maximum absolute atomic E-state index is 13.6. The molecule has 1 aromatic heterocycles. The van der Waals surface area contributed by atoms with Crippen LogP contribution in [0.15, 0.2) is 30.5 Å². The highest BCUT2D eigenvalue weighted by atomic mass is 19.1. The lowest BCUT2D eigenvalue weighted by molar-refractivity contribution is -0.137. The molecule has 0 spiro atoms. The zero-order valence-electron chi connectivity index (χ0n) is 9.21. The number of benzene rings is 1. The molecule has 0 aliphatic carbocycles. The molecule has 0 saturated carbocycles. The van der Waals surface area contributed by atoms with Gasteiger partial charge in [-0.3, -0.25) is 14.3 Å². The Labute approximate surface area is 101 Å². The molecule has 0 saturated heterocycles. The first-order valence-corrected chi connectivity index (χ1v) is 5.11. The van der Waals surface area contributed by atoms with Crippen LogP contribution in [0.2, 0.25) is 0 Å². The van der Waals surface area contributed by atoms with Crippen LogP contribution in [0.25, 0.3) is 11.3 Å². The van der Waals surface area contributed by atoms with Crippen molar-refractivity contribution in [1.29, 1.82) is 0 Å². The van der Waals surface area contributed by atoms with Crippen molar-refractivity contribution in [2.45, 2.75) is 6.54 Å². The van der Waals surface area contributed by atoms with E-state index < -0.39 is 11.8 Å². The van der Waals surface area contributed by atoms with Crippen LogP contribution < -0.4 is 0 Å². The van der Waals surface area contributed by atoms with Crippen molar-refractivity contribution < 1.29 is 19.1 Å². The Balaban J connectivity index is 2.50. The van der Waals surface area contributed by atoms with Gasteiger partial charge >= 0.3 is 5.97 Å². The number of hydrogen-bond donors (Lipinski definition) is 1. The number of carboxylic acid groups (broad SMARTS) is 1. The second kappa shape index (κ2) is 4.79.